The average Bonchev–Trinajstić information content (AvgIpc) is 2.81. The molecule has 6 nitrogen and oxygen atoms in total. The summed E-state index contributed by atoms with van der Waals surface area (Å²) in [6.45, 7) is 15.4. The van der Waals surface area contributed by atoms with Crippen LogP contribution in [-0.2, 0) is 24.9 Å². The highest BCUT2D eigenvalue weighted by Gasteiger charge is 2.24. The van der Waals surface area contributed by atoms with Gasteiger partial charge in [0.2, 0.25) is 5.91 Å². The van der Waals surface area contributed by atoms with Gasteiger partial charge in [-0.15, -0.1) is 0 Å². The number of rotatable bonds is 6. The van der Waals surface area contributed by atoms with E-state index in [1.54, 1.807) is 0 Å². The fourth-order valence-corrected chi connectivity index (χ4v) is 4.21. The summed E-state index contributed by atoms with van der Waals surface area (Å²) in [7, 11) is 1.95. The summed E-state index contributed by atoms with van der Waals surface area (Å²) in [6.07, 6.45) is 0.607. The zero-order valence-corrected chi connectivity index (χ0v) is 19.5. The fraction of sp³-hybridized carbons (Fsp3) is 0.583. The van der Waals surface area contributed by atoms with E-state index < -0.39 is 0 Å². The molecule has 1 aromatic carbocycles. The van der Waals surface area contributed by atoms with Crippen LogP contribution in [0.5, 0.6) is 5.75 Å². The molecule has 1 aliphatic rings. The van der Waals surface area contributed by atoms with Gasteiger partial charge >= 0.3 is 0 Å². The highest BCUT2D eigenvalue weighted by molar-refractivity contribution is 5.76. The van der Waals surface area contributed by atoms with E-state index >= 15 is 0 Å². The van der Waals surface area contributed by atoms with E-state index in [4.69, 9.17) is 4.74 Å². The summed E-state index contributed by atoms with van der Waals surface area (Å²) >= 11 is 0. The maximum absolute atomic E-state index is 13.2. The Bertz CT molecular complexity index is 903. The number of benzene rings is 1. The van der Waals surface area contributed by atoms with Gasteiger partial charge in [0.1, 0.15) is 11.9 Å². The zero-order valence-electron chi connectivity index (χ0n) is 19.5. The summed E-state index contributed by atoms with van der Waals surface area (Å²) in [6, 6.07) is 6.49. The van der Waals surface area contributed by atoms with E-state index in [-0.39, 0.29) is 18.1 Å². The Kier molecular flexibility index (Phi) is 6.86. The molecule has 1 aromatic heterocycles. The second kappa shape index (κ2) is 9.21. The lowest BCUT2D eigenvalue weighted by molar-refractivity contribution is -0.134. The van der Waals surface area contributed by atoms with Crippen LogP contribution in [-0.4, -0.2) is 50.7 Å². The zero-order chi connectivity index (χ0) is 22.0. The van der Waals surface area contributed by atoms with Crippen molar-refractivity contribution in [3.05, 3.63) is 46.3 Å². The third-order valence-electron chi connectivity index (χ3n) is 6.03. The summed E-state index contributed by atoms with van der Waals surface area (Å²) in [4.78, 5) is 17.5. The first-order valence-electron chi connectivity index (χ1n) is 10.9. The van der Waals surface area contributed by atoms with Crippen molar-refractivity contribution in [2.75, 3.05) is 13.1 Å². The molecule has 1 aliphatic heterocycles. The third-order valence-corrected chi connectivity index (χ3v) is 6.03. The molecule has 0 saturated carbocycles. The van der Waals surface area contributed by atoms with Crippen molar-refractivity contribution in [2.45, 2.75) is 73.2 Å². The van der Waals surface area contributed by atoms with Crippen LogP contribution >= 0.6 is 0 Å². The van der Waals surface area contributed by atoms with Gasteiger partial charge in [0.15, 0.2) is 0 Å². The van der Waals surface area contributed by atoms with Crippen molar-refractivity contribution in [3.8, 4) is 5.75 Å². The summed E-state index contributed by atoms with van der Waals surface area (Å²) < 4.78 is 7.99. The van der Waals surface area contributed by atoms with Crippen LogP contribution in [0.25, 0.3) is 0 Å². The molecule has 0 bridgehead atoms. The van der Waals surface area contributed by atoms with Gasteiger partial charge in [0.05, 0.1) is 5.69 Å². The topological polar surface area (TPSA) is 50.6 Å². The highest BCUT2D eigenvalue weighted by Crippen LogP contribution is 2.26. The minimum absolute atomic E-state index is 0.103. The van der Waals surface area contributed by atoms with Crippen molar-refractivity contribution >= 4 is 5.91 Å². The molecule has 0 aliphatic carbocycles. The molecule has 30 heavy (non-hydrogen) atoms. The average molecular weight is 413 g/mol. The Labute approximate surface area is 180 Å². The molecule has 0 N–H and O–H groups in total. The SMILES string of the molecule is Cc1ccc2c(c1)CN(CCC(=O)N(Cc1c(C)nn(C)c1C)C(C)C)CC(C)O2. The van der Waals surface area contributed by atoms with E-state index in [9.17, 15) is 4.79 Å². The smallest absolute Gasteiger partial charge is 0.224 e. The molecular weight excluding hydrogens is 376 g/mol. The minimum atomic E-state index is 0.103. The molecule has 6 heteroatoms. The van der Waals surface area contributed by atoms with E-state index in [2.05, 4.69) is 62.8 Å². The van der Waals surface area contributed by atoms with Crippen LogP contribution in [0.4, 0.5) is 0 Å². The van der Waals surface area contributed by atoms with Gasteiger partial charge in [0, 0.05) is 62.5 Å². The summed E-state index contributed by atoms with van der Waals surface area (Å²) in [5, 5.41) is 4.51. The molecule has 1 amide bonds. The Morgan fingerprint density at radius 3 is 2.67 bits per heavy atom. The van der Waals surface area contributed by atoms with Crippen LogP contribution in [0.2, 0.25) is 0 Å². The first-order chi connectivity index (χ1) is 14.2. The highest BCUT2D eigenvalue weighted by atomic mass is 16.5. The number of nitrogens with zero attached hydrogens (tertiary/aromatic N) is 4. The van der Waals surface area contributed by atoms with Crippen LogP contribution in [0.1, 0.15) is 55.3 Å². The molecule has 2 heterocycles. The quantitative estimate of drug-likeness (QED) is 0.725. The van der Waals surface area contributed by atoms with Crippen molar-refractivity contribution in [1.29, 1.82) is 0 Å². The van der Waals surface area contributed by atoms with Crippen molar-refractivity contribution in [2.24, 2.45) is 7.05 Å². The largest absolute Gasteiger partial charge is 0.489 e. The molecule has 0 saturated heterocycles. The summed E-state index contributed by atoms with van der Waals surface area (Å²) in [5.74, 6) is 1.16. The molecule has 164 valence electrons. The maximum Gasteiger partial charge on any atom is 0.224 e. The van der Waals surface area contributed by atoms with E-state index in [1.165, 1.54) is 11.1 Å². The van der Waals surface area contributed by atoms with Gasteiger partial charge in [0.25, 0.3) is 0 Å². The summed E-state index contributed by atoms with van der Waals surface area (Å²) in [5.41, 5.74) is 5.71. The molecule has 0 radical (unpaired) electrons. The number of aromatic nitrogens is 2. The first kappa shape index (κ1) is 22.3. The third kappa shape index (κ3) is 5.04. The Balaban J connectivity index is 1.67. The number of amides is 1. The van der Waals surface area contributed by atoms with Gasteiger partial charge in [-0.3, -0.25) is 14.4 Å². The number of hydrogen-bond acceptors (Lipinski definition) is 4. The lowest BCUT2D eigenvalue weighted by atomic mass is 10.1. The fourth-order valence-electron chi connectivity index (χ4n) is 4.21. The molecule has 1 atom stereocenters. The number of carbonyl (C=O) groups is 1. The second-order valence-electron chi connectivity index (χ2n) is 8.91. The molecule has 0 fully saturated rings. The van der Waals surface area contributed by atoms with Gasteiger partial charge < -0.3 is 9.64 Å². The number of fused-ring (bicyclic) bond motifs is 1. The monoisotopic (exact) mass is 412 g/mol. The van der Waals surface area contributed by atoms with Gasteiger partial charge in [-0.05, 0) is 47.6 Å². The predicted octanol–water partition coefficient (Wildman–Crippen LogP) is 3.76. The molecule has 0 spiro atoms. The first-order valence-corrected chi connectivity index (χ1v) is 10.9. The van der Waals surface area contributed by atoms with E-state index in [0.717, 1.165) is 42.3 Å². The molecular formula is C24H36N4O2. The van der Waals surface area contributed by atoms with E-state index in [1.807, 2.05) is 23.6 Å². The number of carbonyl (C=O) groups excluding carboxylic acids is 1. The molecule has 1 unspecified atom stereocenters. The van der Waals surface area contributed by atoms with E-state index in [0.29, 0.717) is 13.0 Å². The molecule has 2 aromatic rings. The second-order valence-corrected chi connectivity index (χ2v) is 8.91. The Morgan fingerprint density at radius 2 is 2.03 bits per heavy atom. The lowest BCUT2D eigenvalue weighted by Gasteiger charge is -2.29. The number of hydrogen-bond donors (Lipinski definition) is 0. The lowest BCUT2D eigenvalue weighted by Crippen LogP contribution is -2.39. The van der Waals surface area contributed by atoms with Crippen LogP contribution in [0.15, 0.2) is 18.2 Å². The normalized spacial score (nSPS) is 16.9. The van der Waals surface area contributed by atoms with Gasteiger partial charge in [-0.25, -0.2) is 0 Å². The van der Waals surface area contributed by atoms with Crippen molar-refractivity contribution in [3.63, 3.8) is 0 Å². The van der Waals surface area contributed by atoms with Crippen LogP contribution < -0.4 is 4.74 Å². The van der Waals surface area contributed by atoms with Crippen LogP contribution in [0, 0.1) is 20.8 Å². The minimum Gasteiger partial charge on any atom is -0.489 e. The van der Waals surface area contributed by atoms with Gasteiger partial charge in [-0.1, -0.05) is 17.7 Å². The predicted molar refractivity (Wildman–Crippen MR) is 120 cm³/mol. The molecule has 3 rings (SSSR count). The van der Waals surface area contributed by atoms with Crippen LogP contribution in [0.3, 0.4) is 0 Å². The maximum atomic E-state index is 13.2. The standard InChI is InChI=1S/C24H36N4O2/c1-16(2)28(15-22-19(5)25-26(7)20(22)6)24(29)10-11-27-13-18(4)30-23-9-8-17(3)12-21(23)14-27/h8-9,12,16,18H,10-11,13-15H2,1-7H3. The van der Waals surface area contributed by atoms with Gasteiger partial charge in [-0.2, -0.15) is 5.10 Å². The van der Waals surface area contributed by atoms with Crippen molar-refractivity contribution < 1.29 is 9.53 Å². The van der Waals surface area contributed by atoms with Crippen molar-refractivity contribution in [1.82, 2.24) is 19.6 Å². The Hall–Kier alpha value is -2.34. The number of aryl methyl sites for hydroxylation is 3. The number of ether oxygens (including phenoxy) is 1. The Morgan fingerprint density at radius 1 is 1.30 bits per heavy atom.